The van der Waals surface area contributed by atoms with Gasteiger partial charge in [0.25, 0.3) is 0 Å². The Balaban J connectivity index is 0.000000129. The molecule has 114 heavy (non-hydrogen) atoms. The maximum atomic E-state index is 6.65. The summed E-state index contributed by atoms with van der Waals surface area (Å²) in [5.41, 5.74) is 26.6. The number of rotatable bonds is 8. The molecule has 0 saturated carbocycles. The fraction of sp³-hybridized carbons (Fsp3) is 0. The van der Waals surface area contributed by atoms with Gasteiger partial charge in [0, 0.05) is 72.8 Å². The molecular weight excluding hydrogens is 1420 g/mol. The van der Waals surface area contributed by atoms with Crippen molar-refractivity contribution in [3.63, 3.8) is 0 Å². The van der Waals surface area contributed by atoms with Crippen LogP contribution >= 0.6 is 11.3 Å². The maximum Gasteiger partial charge on any atom is 0.521 e. The number of benzene rings is 14. The number of pyridine rings is 1. The first-order valence-electron chi connectivity index (χ1n) is 38.6. The molecule has 12 heterocycles. The van der Waals surface area contributed by atoms with Gasteiger partial charge >= 0.3 is 28.5 Å². The summed E-state index contributed by atoms with van der Waals surface area (Å²) in [6.07, 6.45) is 3.91. The van der Waals surface area contributed by atoms with Crippen LogP contribution in [0.25, 0.3) is 42.2 Å². The topological polar surface area (TPSA) is 90.7 Å². The molecule has 8 aliphatic rings. The highest BCUT2D eigenvalue weighted by Gasteiger charge is 2.60. The van der Waals surface area contributed by atoms with Crippen LogP contribution in [-0.4, -0.2) is 43.4 Å². The molecule has 0 fully saturated rings. The summed E-state index contributed by atoms with van der Waals surface area (Å²) in [6.45, 7) is 0. The molecular formula is C93H61B4N15OS. The van der Waals surface area contributed by atoms with Crippen molar-refractivity contribution in [3.8, 4) is 0 Å². The largest absolute Gasteiger partial charge is 0.521 e. The number of para-hydroxylation sites is 17. The third-order valence-corrected chi connectivity index (χ3v) is 24.8. The van der Waals surface area contributed by atoms with Gasteiger partial charge in [0.05, 0.1) is 91.0 Å². The van der Waals surface area contributed by atoms with E-state index < -0.39 is 0 Å². The van der Waals surface area contributed by atoms with Gasteiger partial charge in [0.1, 0.15) is 10.4 Å². The zero-order chi connectivity index (χ0) is 74.4. The first-order chi connectivity index (χ1) is 56.6. The summed E-state index contributed by atoms with van der Waals surface area (Å²) >= 11 is 1.72. The van der Waals surface area contributed by atoms with E-state index in [0.717, 1.165) is 123 Å². The lowest BCUT2D eigenvalue weighted by Crippen LogP contribution is -2.52. The van der Waals surface area contributed by atoms with Crippen LogP contribution in [0, 0.1) is 0 Å². The summed E-state index contributed by atoms with van der Waals surface area (Å²) in [5.74, 6) is 1.46. The lowest BCUT2D eigenvalue weighted by Gasteiger charge is -2.32. The fourth-order valence-electron chi connectivity index (χ4n) is 19.1. The van der Waals surface area contributed by atoms with E-state index in [9.17, 15) is 0 Å². The molecule has 0 aliphatic carbocycles. The number of nitrogens with zero attached hydrogens (tertiary/aromatic N) is 15. The summed E-state index contributed by atoms with van der Waals surface area (Å²) < 4.78 is 7.87. The average Bonchev–Trinajstić information content (AvgIpc) is 1.53. The number of thiophene rings is 1. The quantitative estimate of drug-likeness (QED) is 0.135. The molecule has 0 radical (unpaired) electrons. The van der Waals surface area contributed by atoms with Crippen LogP contribution in [0.4, 0.5) is 137 Å². The predicted molar refractivity (Wildman–Crippen MR) is 472 cm³/mol. The van der Waals surface area contributed by atoms with Gasteiger partial charge in [-0.15, -0.1) is 11.3 Å². The monoisotopic (exact) mass is 1480 g/mol. The van der Waals surface area contributed by atoms with Crippen LogP contribution in [0.15, 0.2) is 375 Å². The average molecular weight is 1480 g/mol. The molecule has 4 aromatic heterocycles. The van der Waals surface area contributed by atoms with E-state index in [-0.39, 0.29) is 28.5 Å². The molecule has 0 N–H and O–H groups in total. The summed E-state index contributed by atoms with van der Waals surface area (Å²) in [5, 5.41) is 4.41. The Hall–Kier alpha value is -14.8. The van der Waals surface area contributed by atoms with Gasteiger partial charge in [0.2, 0.25) is 5.95 Å². The predicted octanol–water partition coefficient (Wildman–Crippen LogP) is 23.5. The highest BCUT2D eigenvalue weighted by atomic mass is 32.1. The minimum atomic E-state index is -0.291. The van der Waals surface area contributed by atoms with Crippen molar-refractivity contribution in [1.29, 1.82) is 0 Å². The van der Waals surface area contributed by atoms with Crippen molar-refractivity contribution >= 4 is 219 Å². The Kier molecular flexibility index (Phi) is 13.5. The maximum absolute atomic E-state index is 6.65. The van der Waals surface area contributed by atoms with Crippen molar-refractivity contribution in [3.05, 3.63) is 370 Å². The number of hydrogen-bond donors (Lipinski definition) is 0. The highest BCUT2D eigenvalue weighted by Crippen LogP contribution is 2.63. The van der Waals surface area contributed by atoms with E-state index in [1.165, 1.54) is 49.9 Å². The number of furan rings is 1. The third-order valence-electron chi connectivity index (χ3n) is 23.7. The number of fused-ring (bicyclic) bond motifs is 26. The van der Waals surface area contributed by atoms with Crippen molar-refractivity contribution in [2.24, 2.45) is 0 Å². The Morgan fingerprint density at radius 3 is 1.00 bits per heavy atom. The van der Waals surface area contributed by atoms with Crippen LogP contribution in [-0.2, 0) is 0 Å². The fourth-order valence-corrected chi connectivity index (χ4v) is 20.1. The molecule has 26 rings (SSSR count). The lowest BCUT2D eigenvalue weighted by atomic mass is 9.86. The van der Waals surface area contributed by atoms with E-state index in [1.807, 2.05) is 24.5 Å². The summed E-state index contributed by atoms with van der Waals surface area (Å²) in [4.78, 5) is 45.9. The first-order valence-corrected chi connectivity index (χ1v) is 39.4. The van der Waals surface area contributed by atoms with Gasteiger partial charge in [-0.2, -0.15) is 0 Å². The van der Waals surface area contributed by atoms with Crippen LogP contribution in [0.1, 0.15) is 0 Å². The zero-order valence-corrected chi connectivity index (χ0v) is 61.9. The van der Waals surface area contributed by atoms with Crippen molar-refractivity contribution in [2.75, 3.05) is 57.7 Å². The smallest absolute Gasteiger partial charge is 0.452 e. The second-order valence-corrected chi connectivity index (χ2v) is 30.6. The van der Waals surface area contributed by atoms with Crippen molar-refractivity contribution < 1.29 is 4.42 Å². The minimum Gasteiger partial charge on any atom is -0.452 e. The van der Waals surface area contributed by atoms with Gasteiger partial charge in [-0.3, -0.25) is 0 Å². The van der Waals surface area contributed by atoms with Gasteiger partial charge in [0.15, 0.2) is 11.4 Å². The summed E-state index contributed by atoms with van der Waals surface area (Å²) in [7, 11) is -0.868. The zero-order valence-electron chi connectivity index (χ0n) is 61.1. The molecule has 14 aromatic carbocycles. The molecule has 0 amide bonds. The van der Waals surface area contributed by atoms with Gasteiger partial charge in [-0.1, -0.05) is 182 Å². The Labute approximate surface area is 662 Å². The standard InChI is InChI=1S/C47H31B2N7O.C46H30B2N8S/c1-3-15-32(16-4-1)51-37-20-8-10-22-39(37)54-40-23-11-9-21-38(40)53(48(51)54)34-27-28-43-44(31-34)55-41-24-12-13-25-42(41)56(49(55)52(43)33-17-5-2-6-18-33)47-46-36(29-30-50-47)35-19-7-14-26-45(35)57-46;1-3-15-31(16-4-1)51-36-20-8-10-22-38(36)54-39-23-11-9-21-37(39)53(47(51)54)33-27-28-42-43(29-33)55-40-24-12-13-25-41(40)56(48(55)52(42)32-17-5-2-6-18-32)46-49-30-35-34-19-7-14-26-44(34)57-45(35)50-46/h1-31H;1-30H. The molecule has 16 nitrogen and oxygen atoms in total. The molecule has 0 spiro atoms. The molecule has 0 atom stereocenters. The highest BCUT2D eigenvalue weighted by molar-refractivity contribution is 7.25. The van der Waals surface area contributed by atoms with Crippen LogP contribution < -0.4 is 57.7 Å². The molecule has 0 unspecified atom stereocenters. The van der Waals surface area contributed by atoms with E-state index in [2.05, 4.69) is 404 Å². The van der Waals surface area contributed by atoms with E-state index in [4.69, 9.17) is 19.4 Å². The minimum absolute atomic E-state index is 0.147. The van der Waals surface area contributed by atoms with E-state index in [0.29, 0.717) is 5.95 Å². The Morgan fingerprint density at radius 1 is 0.237 bits per heavy atom. The Morgan fingerprint density at radius 2 is 0.561 bits per heavy atom. The lowest BCUT2D eigenvalue weighted by molar-refractivity contribution is 0.667. The van der Waals surface area contributed by atoms with Crippen LogP contribution in [0.5, 0.6) is 0 Å². The molecule has 8 aliphatic heterocycles. The molecule has 0 bridgehead atoms. The van der Waals surface area contributed by atoms with Gasteiger partial charge in [-0.25, -0.2) is 15.0 Å². The number of anilines is 24. The molecule has 21 heteroatoms. The second kappa shape index (κ2) is 24.3. The molecule has 18 aromatic rings. The van der Waals surface area contributed by atoms with Crippen LogP contribution in [0.2, 0.25) is 0 Å². The van der Waals surface area contributed by atoms with Gasteiger partial charge in [-0.05, 0) is 176 Å². The van der Waals surface area contributed by atoms with E-state index >= 15 is 0 Å². The Bertz CT molecular complexity index is 6940. The normalized spacial score (nSPS) is 14.7. The van der Waals surface area contributed by atoms with Crippen molar-refractivity contribution in [2.45, 2.75) is 0 Å². The third kappa shape index (κ3) is 8.88. The van der Waals surface area contributed by atoms with Gasteiger partial charge < -0.3 is 62.1 Å². The molecule has 532 valence electrons. The second-order valence-electron chi connectivity index (χ2n) is 29.5. The molecule has 0 saturated heterocycles. The number of aromatic nitrogens is 3. The first kappa shape index (κ1) is 63.0. The number of hydrogen-bond acceptors (Lipinski definition) is 17. The van der Waals surface area contributed by atoms with Crippen LogP contribution in [0.3, 0.4) is 0 Å². The SMILES string of the molecule is c1ccc(N2B3N(c4ccc5c(c4)N4B(N5c5ccccc5)N(c5ncc6c(n5)sc5ccccc56)c5ccccc54)c4ccccc4N3c3ccccc32)cc1.c1ccc(N2B3N(c4ccc5c(c4)N4B(N5c5ccccc5)N(c5nccc6c5oc5ccccc56)c5ccccc54)c4ccccc4N3c3ccccc32)cc1. The summed E-state index contributed by atoms with van der Waals surface area (Å²) in [6, 6.07) is 128. The van der Waals surface area contributed by atoms with E-state index in [1.54, 1.807) is 11.3 Å². The van der Waals surface area contributed by atoms with Crippen molar-refractivity contribution in [1.82, 2.24) is 15.0 Å².